The van der Waals surface area contributed by atoms with Crippen molar-refractivity contribution in [1.29, 1.82) is 0 Å². The molecule has 2 atom stereocenters. The second-order valence-corrected chi connectivity index (χ2v) is 8.35. The van der Waals surface area contributed by atoms with Crippen LogP contribution in [0.2, 0.25) is 5.02 Å². The lowest BCUT2D eigenvalue weighted by Crippen LogP contribution is -2.27. The zero-order valence-corrected chi connectivity index (χ0v) is 18.6. The Morgan fingerprint density at radius 2 is 1.72 bits per heavy atom. The molecule has 164 valence electrons. The Hall–Kier alpha value is -2.88. The van der Waals surface area contributed by atoms with Crippen LogP contribution >= 0.6 is 11.6 Å². The number of aliphatic hydroxyl groups is 2. The van der Waals surface area contributed by atoms with Crippen LogP contribution in [0.1, 0.15) is 16.8 Å². The largest absolute Gasteiger partial charge is 0.492 e. The highest BCUT2D eigenvalue weighted by Crippen LogP contribution is 2.21. The number of benzene rings is 2. The molecule has 4 rings (SSSR count). The lowest BCUT2D eigenvalue weighted by Gasteiger charge is -2.16. The highest BCUT2D eigenvalue weighted by molar-refractivity contribution is 6.30. The first kappa shape index (κ1) is 22.3. The molecule has 6 heteroatoms. The van der Waals surface area contributed by atoms with Crippen molar-refractivity contribution in [3.05, 3.63) is 82.6 Å². The van der Waals surface area contributed by atoms with E-state index in [9.17, 15) is 10.2 Å². The fourth-order valence-electron chi connectivity index (χ4n) is 3.62. The molecule has 0 aliphatic carbocycles. The number of ether oxygens (including phenoxy) is 1. The Morgan fingerprint density at radius 1 is 1.00 bits per heavy atom. The van der Waals surface area contributed by atoms with Gasteiger partial charge < -0.3 is 14.9 Å². The summed E-state index contributed by atoms with van der Waals surface area (Å²) in [5, 5.41) is 19.9. The van der Waals surface area contributed by atoms with Gasteiger partial charge in [-0.25, -0.2) is 4.98 Å². The summed E-state index contributed by atoms with van der Waals surface area (Å²) in [6.07, 6.45) is 0.476. The van der Waals surface area contributed by atoms with Gasteiger partial charge in [-0.1, -0.05) is 35.7 Å². The Labute approximate surface area is 193 Å². The van der Waals surface area contributed by atoms with Crippen molar-refractivity contribution < 1.29 is 14.9 Å². The van der Waals surface area contributed by atoms with Crippen molar-refractivity contribution >= 4 is 11.6 Å². The average Bonchev–Trinajstić information content (AvgIpc) is 3.11. The molecule has 1 aliphatic rings. The maximum Gasteiger partial charge on any atom is 0.122 e. The van der Waals surface area contributed by atoms with Gasteiger partial charge in [0, 0.05) is 42.0 Å². The fraction of sp³-hybridized carbons (Fsp3) is 0.269. The molecule has 3 aromatic rings. The molecule has 1 saturated heterocycles. The van der Waals surface area contributed by atoms with E-state index in [2.05, 4.69) is 16.8 Å². The van der Waals surface area contributed by atoms with Gasteiger partial charge in [0.25, 0.3) is 0 Å². The third kappa shape index (κ3) is 5.67. The molecule has 0 spiro atoms. The van der Waals surface area contributed by atoms with Crippen LogP contribution in [0.3, 0.4) is 0 Å². The minimum absolute atomic E-state index is 0.479. The van der Waals surface area contributed by atoms with Crippen LogP contribution < -0.4 is 4.74 Å². The van der Waals surface area contributed by atoms with E-state index in [0.717, 1.165) is 28.0 Å². The first-order valence-corrected chi connectivity index (χ1v) is 10.9. The lowest BCUT2D eigenvalue weighted by atomic mass is 10.1. The summed E-state index contributed by atoms with van der Waals surface area (Å²) in [6, 6.07) is 17.4. The Morgan fingerprint density at radius 3 is 2.38 bits per heavy atom. The number of aliphatic hydroxyl groups excluding tert-OH is 2. The molecule has 1 aliphatic heterocycles. The van der Waals surface area contributed by atoms with Crippen molar-refractivity contribution in [3.63, 3.8) is 0 Å². The number of β-amino-alcohol motifs (C(OH)–C–C–N with tert-alkyl or cyclic N) is 2. The van der Waals surface area contributed by atoms with E-state index in [1.165, 1.54) is 0 Å². The topological polar surface area (TPSA) is 65.8 Å². The molecular formula is C26H25ClN2O3. The minimum Gasteiger partial charge on any atom is -0.492 e. The zero-order valence-electron chi connectivity index (χ0n) is 17.8. The van der Waals surface area contributed by atoms with Crippen LogP contribution in [0.15, 0.2) is 60.8 Å². The smallest absolute Gasteiger partial charge is 0.122 e. The predicted octanol–water partition coefficient (Wildman–Crippen LogP) is 3.53. The van der Waals surface area contributed by atoms with Gasteiger partial charge in [0.2, 0.25) is 0 Å². The molecule has 32 heavy (non-hydrogen) atoms. The standard InChI is InChI=1S/C26H25ClN2O3/c1-18-14-19(3-11-26(18)32-13-12-29-16-24(30)25(31)17-29)2-9-23-10-6-21(15-28-23)20-4-7-22(27)8-5-20/h3-8,10-11,14-15,24-25,30-31H,12-13,16-17H2,1H3/t24-,25?/m1/s1. The second-order valence-electron chi connectivity index (χ2n) is 7.91. The quantitative estimate of drug-likeness (QED) is 0.584. The maximum atomic E-state index is 9.61. The number of aromatic nitrogens is 1. The summed E-state index contributed by atoms with van der Waals surface area (Å²) in [6.45, 7) is 4.10. The van der Waals surface area contributed by atoms with Crippen LogP contribution in [-0.2, 0) is 0 Å². The summed E-state index contributed by atoms with van der Waals surface area (Å²) in [5.74, 6) is 7.07. The molecule has 2 heterocycles. The molecule has 2 aromatic carbocycles. The number of hydrogen-bond acceptors (Lipinski definition) is 5. The number of likely N-dealkylation sites (tertiary alicyclic amines) is 1. The van der Waals surface area contributed by atoms with Crippen LogP contribution in [0.25, 0.3) is 11.1 Å². The summed E-state index contributed by atoms with van der Waals surface area (Å²) < 4.78 is 5.88. The highest BCUT2D eigenvalue weighted by Gasteiger charge is 2.28. The average molecular weight is 449 g/mol. The van der Waals surface area contributed by atoms with Crippen molar-refractivity contribution in [3.8, 4) is 28.7 Å². The molecule has 2 N–H and O–H groups in total. The van der Waals surface area contributed by atoms with E-state index in [1.54, 1.807) is 0 Å². The molecule has 1 aromatic heterocycles. The van der Waals surface area contributed by atoms with Gasteiger partial charge in [-0.2, -0.15) is 0 Å². The number of rotatable bonds is 5. The van der Waals surface area contributed by atoms with Gasteiger partial charge in [0.1, 0.15) is 18.1 Å². The summed E-state index contributed by atoms with van der Waals surface area (Å²) in [7, 11) is 0. The first-order valence-electron chi connectivity index (χ1n) is 10.5. The van der Waals surface area contributed by atoms with E-state index < -0.39 is 12.2 Å². The van der Waals surface area contributed by atoms with Gasteiger partial charge in [0.15, 0.2) is 0 Å². The van der Waals surface area contributed by atoms with Crippen molar-refractivity contribution in [1.82, 2.24) is 9.88 Å². The summed E-state index contributed by atoms with van der Waals surface area (Å²) >= 11 is 5.95. The molecule has 0 radical (unpaired) electrons. The predicted molar refractivity (Wildman–Crippen MR) is 126 cm³/mol. The highest BCUT2D eigenvalue weighted by atomic mass is 35.5. The van der Waals surface area contributed by atoms with Gasteiger partial charge >= 0.3 is 0 Å². The van der Waals surface area contributed by atoms with E-state index in [0.29, 0.717) is 37.0 Å². The van der Waals surface area contributed by atoms with Gasteiger partial charge in [-0.15, -0.1) is 0 Å². The van der Waals surface area contributed by atoms with E-state index in [-0.39, 0.29) is 0 Å². The number of aryl methyl sites for hydroxylation is 1. The van der Waals surface area contributed by atoms with Crippen LogP contribution in [0.4, 0.5) is 0 Å². The number of hydrogen-bond donors (Lipinski definition) is 2. The molecule has 0 bridgehead atoms. The van der Waals surface area contributed by atoms with E-state index in [1.807, 2.05) is 72.6 Å². The Bertz CT molecular complexity index is 1110. The Balaban J connectivity index is 1.34. The second kappa shape index (κ2) is 10.2. The lowest BCUT2D eigenvalue weighted by molar-refractivity contribution is 0.0572. The number of nitrogens with zero attached hydrogens (tertiary/aromatic N) is 2. The normalized spacial score (nSPS) is 18.2. The third-order valence-electron chi connectivity index (χ3n) is 5.45. The molecule has 5 nitrogen and oxygen atoms in total. The molecule has 1 fully saturated rings. The number of halogens is 1. The third-order valence-corrected chi connectivity index (χ3v) is 5.70. The Kier molecular flexibility index (Phi) is 7.09. The van der Waals surface area contributed by atoms with Crippen LogP contribution in [-0.4, -0.2) is 58.5 Å². The van der Waals surface area contributed by atoms with Gasteiger partial charge in [0.05, 0.1) is 12.2 Å². The van der Waals surface area contributed by atoms with Crippen molar-refractivity contribution in [2.75, 3.05) is 26.2 Å². The monoisotopic (exact) mass is 448 g/mol. The van der Waals surface area contributed by atoms with Gasteiger partial charge in [-0.05, 0) is 60.4 Å². The van der Waals surface area contributed by atoms with E-state index in [4.69, 9.17) is 16.3 Å². The van der Waals surface area contributed by atoms with Crippen LogP contribution in [0, 0.1) is 18.8 Å². The molecular weight excluding hydrogens is 424 g/mol. The minimum atomic E-state index is -0.669. The fourth-order valence-corrected chi connectivity index (χ4v) is 3.75. The number of pyridine rings is 1. The molecule has 0 amide bonds. The van der Waals surface area contributed by atoms with Crippen molar-refractivity contribution in [2.24, 2.45) is 0 Å². The van der Waals surface area contributed by atoms with E-state index >= 15 is 0 Å². The molecule has 1 unspecified atom stereocenters. The van der Waals surface area contributed by atoms with Crippen LogP contribution in [0.5, 0.6) is 5.75 Å². The summed E-state index contributed by atoms with van der Waals surface area (Å²) in [4.78, 5) is 6.45. The summed E-state index contributed by atoms with van der Waals surface area (Å²) in [5.41, 5.74) is 4.68. The maximum absolute atomic E-state index is 9.61. The SMILES string of the molecule is Cc1cc(C#Cc2ccc(-c3ccc(Cl)cc3)cn2)ccc1OCCN1CC(O)[C@H](O)C1. The first-order chi connectivity index (χ1) is 15.5. The molecule has 0 saturated carbocycles. The van der Waals surface area contributed by atoms with Gasteiger partial charge in [-0.3, -0.25) is 4.90 Å². The van der Waals surface area contributed by atoms with Crippen molar-refractivity contribution in [2.45, 2.75) is 19.1 Å². The zero-order chi connectivity index (χ0) is 22.5.